The van der Waals surface area contributed by atoms with Crippen LogP contribution in [0.15, 0.2) is 12.7 Å². The smallest absolute Gasteiger partial charge is 0.268 e. The van der Waals surface area contributed by atoms with Crippen LogP contribution >= 0.6 is 0 Å². The van der Waals surface area contributed by atoms with Gasteiger partial charge >= 0.3 is 0 Å². The lowest BCUT2D eigenvalue weighted by Crippen LogP contribution is -2.52. The molecule has 3 rings (SSSR count). The van der Waals surface area contributed by atoms with E-state index < -0.39 is 21.5 Å². The molecule has 2 saturated carbocycles. The summed E-state index contributed by atoms with van der Waals surface area (Å²) < 4.78 is 26.4. The van der Waals surface area contributed by atoms with E-state index in [1.807, 2.05) is 0 Å². The van der Waals surface area contributed by atoms with Crippen molar-refractivity contribution in [3.63, 3.8) is 0 Å². The fourth-order valence-corrected chi connectivity index (χ4v) is 7.79. The minimum atomic E-state index is -3.67. The van der Waals surface area contributed by atoms with Crippen LogP contribution in [0.4, 0.5) is 0 Å². The van der Waals surface area contributed by atoms with Gasteiger partial charge in [0.05, 0.1) is 11.8 Å². The minimum absolute atomic E-state index is 0.0318. The molecule has 124 valence electrons. The van der Waals surface area contributed by atoms with Gasteiger partial charge in [-0.15, -0.1) is 6.58 Å². The molecule has 1 aliphatic heterocycles. The first kappa shape index (κ1) is 16.0. The maximum absolute atomic E-state index is 12.7. The van der Waals surface area contributed by atoms with Crippen molar-refractivity contribution >= 4 is 15.9 Å². The van der Waals surface area contributed by atoms with E-state index >= 15 is 0 Å². The number of carbonyl (C=O) groups is 1. The van der Waals surface area contributed by atoms with Crippen molar-refractivity contribution in [1.29, 1.82) is 0 Å². The molecule has 1 amide bonds. The van der Waals surface area contributed by atoms with Crippen LogP contribution in [-0.2, 0) is 14.8 Å². The summed E-state index contributed by atoms with van der Waals surface area (Å²) in [7, 11) is -3.67. The first-order chi connectivity index (χ1) is 9.99. The highest BCUT2D eigenvalue weighted by Gasteiger charge is 2.72. The normalized spacial score (nSPS) is 40.3. The zero-order chi connectivity index (χ0) is 16.6. The Morgan fingerprint density at radius 2 is 2.14 bits per heavy atom. The highest BCUT2D eigenvalue weighted by Crippen LogP contribution is 2.70. The van der Waals surface area contributed by atoms with E-state index in [4.69, 9.17) is 0 Å². The third kappa shape index (κ3) is 1.74. The van der Waals surface area contributed by atoms with E-state index in [0.717, 1.165) is 23.6 Å². The summed E-state index contributed by atoms with van der Waals surface area (Å²) in [5, 5.41) is 10.4. The van der Waals surface area contributed by atoms with Gasteiger partial charge in [0.1, 0.15) is 5.60 Å². The molecule has 22 heavy (non-hydrogen) atoms. The van der Waals surface area contributed by atoms with E-state index in [9.17, 15) is 18.3 Å². The number of rotatable bonds is 3. The predicted octanol–water partition coefficient (Wildman–Crippen LogP) is 1.68. The van der Waals surface area contributed by atoms with Crippen molar-refractivity contribution in [2.45, 2.75) is 58.1 Å². The lowest BCUT2D eigenvalue weighted by Gasteiger charge is -2.38. The van der Waals surface area contributed by atoms with Gasteiger partial charge in [-0.3, -0.25) is 4.79 Å². The second-order valence-electron chi connectivity index (χ2n) is 7.99. The average molecular weight is 327 g/mol. The van der Waals surface area contributed by atoms with Crippen LogP contribution in [0, 0.1) is 16.7 Å². The molecule has 4 atom stereocenters. The summed E-state index contributed by atoms with van der Waals surface area (Å²) in [6, 6.07) is -0.296. The number of sulfonamides is 1. The van der Waals surface area contributed by atoms with Crippen LogP contribution in [-0.4, -0.2) is 41.1 Å². The van der Waals surface area contributed by atoms with Gasteiger partial charge in [-0.25, -0.2) is 12.7 Å². The molecule has 0 unspecified atom stereocenters. The molecule has 6 heteroatoms. The van der Waals surface area contributed by atoms with Crippen LogP contribution in [0.2, 0.25) is 0 Å². The number of aliphatic hydroxyl groups is 1. The molecule has 0 aromatic carbocycles. The number of hydrogen-bond acceptors (Lipinski definition) is 4. The van der Waals surface area contributed by atoms with E-state index in [1.54, 1.807) is 0 Å². The summed E-state index contributed by atoms with van der Waals surface area (Å²) in [5.74, 6) is -0.213. The summed E-state index contributed by atoms with van der Waals surface area (Å²) in [5.41, 5.74) is -2.15. The van der Waals surface area contributed by atoms with E-state index in [-0.39, 0.29) is 29.0 Å². The molecule has 1 spiro atoms. The van der Waals surface area contributed by atoms with Crippen molar-refractivity contribution in [2.24, 2.45) is 16.7 Å². The third-order valence-corrected chi connectivity index (χ3v) is 8.51. The van der Waals surface area contributed by atoms with Crippen LogP contribution in [0.5, 0.6) is 0 Å². The number of carbonyl (C=O) groups excluding carboxylic acids is 1. The van der Waals surface area contributed by atoms with E-state index in [2.05, 4.69) is 20.4 Å². The predicted molar refractivity (Wildman–Crippen MR) is 83.4 cm³/mol. The Kier molecular flexibility index (Phi) is 3.16. The van der Waals surface area contributed by atoms with Gasteiger partial charge in [-0.2, -0.15) is 0 Å². The third-order valence-electron chi connectivity index (χ3n) is 6.61. The topological polar surface area (TPSA) is 74.7 Å². The Balaban J connectivity index is 2.04. The van der Waals surface area contributed by atoms with Gasteiger partial charge in [-0.1, -0.05) is 19.9 Å². The number of nitrogens with zero attached hydrogens (tertiary/aromatic N) is 1. The largest absolute Gasteiger partial charge is 0.380 e. The summed E-state index contributed by atoms with van der Waals surface area (Å²) in [6.45, 7) is 9.18. The van der Waals surface area contributed by atoms with Crippen molar-refractivity contribution < 1.29 is 18.3 Å². The zero-order valence-electron chi connectivity index (χ0n) is 13.5. The highest BCUT2D eigenvalue weighted by atomic mass is 32.2. The fourth-order valence-electron chi connectivity index (χ4n) is 5.16. The molecule has 1 heterocycles. The Morgan fingerprint density at radius 1 is 1.50 bits per heavy atom. The molecule has 5 nitrogen and oxygen atoms in total. The monoisotopic (exact) mass is 327 g/mol. The maximum Gasteiger partial charge on any atom is 0.268 e. The molecule has 2 bridgehead atoms. The van der Waals surface area contributed by atoms with Gasteiger partial charge in [0.2, 0.25) is 10.0 Å². The second-order valence-corrected chi connectivity index (χ2v) is 9.83. The quantitative estimate of drug-likeness (QED) is 0.800. The van der Waals surface area contributed by atoms with Gasteiger partial charge in [0.25, 0.3) is 5.91 Å². The summed E-state index contributed by atoms with van der Waals surface area (Å²) >= 11 is 0. The number of fused-ring (bicyclic) bond motifs is 1. The van der Waals surface area contributed by atoms with Crippen molar-refractivity contribution in [2.75, 3.05) is 5.75 Å². The van der Waals surface area contributed by atoms with Gasteiger partial charge in [0, 0.05) is 11.8 Å². The van der Waals surface area contributed by atoms with Crippen LogP contribution < -0.4 is 0 Å². The lowest BCUT2D eigenvalue weighted by molar-refractivity contribution is -0.146. The summed E-state index contributed by atoms with van der Waals surface area (Å²) in [4.78, 5) is 12.7. The Labute approximate surface area is 132 Å². The molecule has 2 aliphatic carbocycles. The van der Waals surface area contributed by atoms with E-state index in [0.29, 0.717) is 5.92 Å². The Bertz CT molecular complexity index is 637. The van der Waals surface area contributed by atoms with Gasteiger partial charge < -0.3 is 5.11 Å². The molecule has 0 aromatic rings. The Morgan fingerprint density at radius 3 is 2.68 bits per heavy atom. The maximum atomic E-state index is 12.7. The van der Waals surface area contributed by atoms with E-state index in [1.165, 1.54) is 13.0 Å². The Hall–Kier alpha value is -0.880. The fraction of sp³-hybridized carbons (Fsp3) is 0.812. The number of hydrogen-bond donors (Lipinski definition) is 1. The molecular weight excluding hydrogens is 302 g/mol. The molecular formula is C16H25NO4S. The standard InChI is InChI=1S/C16H25NO4S/c1-5-7-15(4,19)13(18)17-12-9-11-6-8-16(12,14(11,2)3)10-22(17,20)21/h5,11-12,19H,1,6-10H2,2-4H3/t11-,12-,15-,16-/m1/s1. The first-order valence-corrected chi connectivity index (χ1v) is 9.50. The molecule has 3 fully saturated rings. The second kappa shape index (κ2) is 4.35. The first-order valence-electron chi connectivity index (χ1n) is 7.89. The number of amides is 1. The SMILES string of the molecule is C=CC[C@@](C)(O)C(=O)N1[C@@H]2C[C@H]3CC[C@]2(CS1(=O)=O)C3(C)C. The molecule has 1 saturated heterocycles. The molecule has 0 radical (unpaired) electrons. The zero-order valence-corrected chi connectivity index (χ0v) is 14.3. The van der Waals surface area contributed by atoms with Gasteiger partial charge in [0.15, 0.2) is 0 Å². The molecule has 1 N–H and O–H groups in total. The van der Waals surface area contributed by atoms with Crippen molar-refractivity contribution in [3.8, 4) is 0 Å². The van der Waals surface area contributed by atoms with Crippen LogP contribution in [0.3, 0.4) is 0 Å². The lowest BCUT2D eigenvalue weighted by atomic mass is 9.69. The minimum Gasteiger partial charge on any atom is -0.380 e. The average Bonchev–Trinajstić information content (AvgIpc) is 2.84. The summed E-state index contributed by atoms with van der Waals surface area (Å²) in [6.07, 6.45) is 4.10. The highest BCUT2D eigenvalue weighted by molar-refractivity contribution is 7.90. The van der Waals surface area contributed by atoms with Crippen molar-refractivity contribution in [3.05, 3.63) is 12.7 Å². The molecule has 0 aromatic heterocycles. The van der Waals surface area contributed by atoms with Crippen LogP contribution in [0.1, 0.15) is 46.5 Å². The molecule has 3 aliphatic rings. The van der Waals surface area contributed by atoms with Crippen molar-refractivity contribution in [1.82, 2.24) is 4.31 Å². The van der Waals surface area contributed by atoms with Crippen LogP contribution in [0.25, 0.3) is 0 Å². The van der Waals surface area contributed by atoms with Gasteiger partial charge in [-0.05, 0) is 37.5 Å².